The molecule has 0 bridgehead atoms. The van der Waals surface area contributed by atoms with E-state index in [4.69, 9.17) is 14.1 Å². The number of para-hydroxylation sites is 1. The number of phenols is 1. The van der Waals surface area contributed by atoms with E-state index in [9.17, 15) is 5.11 Å². The van der Waals surface area contributed by atoms with Gasteiger partial charge in [0.25, 0.3) is 0 Å². The molecule has 0 saturated heterocycles. The summed E-state index contributed by atoms with van der Waals surface area (Å²) < 4.78 is 29.4. The fourth-order valence-corrected chi connectivity index (χ4v) is 10.3. The number of nitrogens with zero attached hydrogens (tertiary/aromatic N) is 3. The van der Waals surface area contributed by atoms with Gasteiger partial charge in [-0.3, -0.25) is 9.55 Å². The molecule has 0 unspecified atom stereocenters. The summed E-state index contributed by atoms with van der Waals surface area (Å²) in [6.45, 7) is 12.6. The topological polar surface area (TPSA) is 50.9 Å². The third kappa shape index (κ3) is 10.1. The minimum atomic E-state index is -2.50. The van der Waals surface area contributed by atoms with Crippen molar-refractivity contribution >= 4 is 11.0 Å². The van der Waals surface area contributed by atoms with Crippen LogP contribution < -0.4 is 0 Å². The standard InChI is InChI=1S/C71H62N3O.Pt/c1-45(2)55-41-61(46(3)4)69(75)64(42-55)70-73-68-60(25-18-26-66(68)74(70)67-37-47(5)62(52-23-16-11-17-24-52)44-63(67)53-31-33-59(34-32-53)71(6,7)8)57-38-56(49-21-14-10-15-22-49)39-58(40-57)65-43-54(35-36-72-65)51-29-27-50(28-30-51)48-19-12-9-13-20-48;/h9-39,41-46,75H,1-8H3;/q-1;/i5D3;. The first kappa shape index (κ1) is 47.8. The van der Waals surface area contributed by atoms with E-state index in [1.165, 1.54) is 11.1 Å². The molecule has 2 heterocycles. The molecule has 0 spiro atoms. The normalized spacial score (nSPS) is 12.4. The quantitative estimate of drug-likeness (QED) is 0.131. The van der Waals surface area contributed by atoms with Crippen LogP contribution >= 0.6 is 0 Å². The Morgan fingerprint density at radius 3 is 1.71 bits per heavy atom. The number of aromatic nitrogens is 3. The molecule has 0 atom stereocenters. The van der Waals surface area contributed by atoms with Crippen molar-refractivity contribution in [3.8, 4) is 101 Å². The Morgan fingerprint density at radius 1 is 0.513 bits per heavy atom. The zero-order valence-electron chi connectivity index (χ0n) is 47.0. The first-order chi connectivity index (χ1) is 37.5. The summed E-state index contributed by atoms with van der Waals surface area (Å²) in [6, 6.07) is 74.2. The molecule has 0 fully saturated rings. The molecule has 2 aromatic heterocycles. The number of phenolic OH excluding ortho intramolecular Hbond substituents is 1. The van der Waals surface area contributed by atoms with Crippen molar-refractivity contribution in [3.05, 3.63) is 241 Å². The molecule has 0 amide bonds. The number of fused-ring (bicyclic) bond motifs is 1. The van der Waals surface area contributed by atoms with Crippen molar-refractivity contribution in [3.63, 3.8) is 0 Å². The van der Waals surface area contributed by atoms with Gasteiger partial charge in [0.05, 0.1) is 22.3 Å². The van der Waals surface area contributed by atoms with Crippen LogP contribution in [0.4, 0.5) is 0 Å². The van der Waals surface area contributed by atoms with Gasteiger partial charge in [0.1, 0.15) is 11.6 Å². The van der Waals surface area contributed by atoms with E-state index in [0.29, 0.717) is 28.2 Å². The maximum Gasteiger partial charge on any atom is 0.148 e. The summed E-state index contributed by atoms with van der Waals surface area (Å²) in [4.78, 5) is 10.6. The second kappa shape index (κ2) is 21.4. The van der Waals surface area contributed by atoms with Gasteiger partial charge in [0.15, 0.2) is 0 Å². The maximum atomic E-state index is 12.6. The molecular weight excluding hydrogens is 1110 g/mol. The Labute approximate surface area is 467 Å². The van der Waals surface area contributed by atoms with Crippen molar-refractivity contribution in [2.24, 2.45) is 0 Å². The molecule has 378 valence electrons. The molecule has 0 saturated carbocycles. The van der Waals surface area contributed by atoms with Crippen molar-refractivity contribution in [2.75, 3.05) is 0 Å². The molecule has 0 aliphatic heterocycles. The molecule has 11 rings (SSSR count). The van der Waals surface area contributed by atoms with Gasteiger partial charge >= 0.3 is 0 Å². The smallest absolute Gasteiger partial charge is 0.148 e. The van der Waals surface area contributed by atoms with Gasteiger partial charge in [-0.25, -0.2) is 4.98 Å². The Balaban J connectivity index is 0.00000704. The van der Waals surface area contributed by atoms with Gasteiger partial charge in [-0.05, 0) is 121 Å². The molecule has 0 aliphatic carbocycles. The second-order valence-corrected chi connectivity index (χ2v) is 21.3. The Hall–Kier alpha value is -7.91. The van der Waals surface area contributed by atoms with E-state index < -0.39 is 6.85 Å². The zero-order chi connectivity index (χ0) is 54.5. The van der Waals surface area contributed by atoms with Crippen molar-refractivity contribution in [1.29, 1.82) is 0 Å². The summed E-state index contributed by atoms with van der Waals surface area (Å²) in [7, 11) is 0. The van der Waals surface area contributed by atoms with Gasteiger partial charge in [-0.15, -0.1) is 23.8 Å². The predicted molar refractivity (Wildman–Crippen MR) is 314 cm³/mol. The molecule has 11 aromatic rings. The Morgan fingerprint density at radius 2 is 1.09 bits per heavy atom. The van der Waals surface area contributed by atoms with Crippen LogP contribution in [-0.2, 0) is 26.5 Å². The van der Waals surface area contributed by atoms with E-state index in [-0.39, 0.29) is 49.6 Å². The largest absolute Gasteiger partial charge is 0.507 e. The molecule has 1 N–H and O–H groups in total. The van der Waals surface area contributed by atoms with Crippen LogP contribution in [0.25, 0.3) is 106 Å². The van der Waals surface area contributed by atoms with Crippen LogP contribution in [-0.4, -0.2) is 19.6 Å². The van der Waals surface area contributed by atoms with Crippen LogP contribution in [0.3, 0.4) is 0 Å². The van der Waals surface area contributed by atoms with Crippen LogP contribution in [0.5, 0.6) is 5.75 Å². The summed E-state index contributed by atoms with van der Waals surface area (Å²) >= 11 is 0. The molecule has 5 heteroatoms. The Kier molecular flexibility index (Phi) is 13.4. The number of rotatable bonds is 11. The average molecular weight is 1170 g/mol. The van der Waals surface area contributed by atoms with Crippen LogP contribution in [0.2, 0.25) is 0 Å². The van der Waals surface area contributed by atoms with Crippen LogP contribution in [0, 0.1) is 12.9 Å². The van der Waals surface area contributed by atoms with Crippen LogP contribution in [0.1, 0.15) is 86.7 Å². The third-order valence-corrected chi connectivity index (χ3v) is 14.5. The van der Waals surface area contributed by atoms with Gasteiger partial charge in [-0.1, -0.05) is 229 Å². The second-order valence-electron chi connectivity index (χ2n) is 21.3. The number of hydrogen-bond donors (Lipinski definition) is 1. The van der Waals surface area contributed by atoms with Crippen molar-refractivity contribution in [2.45, 2.75) is 72.6 Å². The number of benzene rings is 9. The summed E-state index contributed by atoms with van der Waals surface area (Å²) in [5.74, 6) is 0.757. The number of hydrogen-bond acceptors (Lipinski definition) is 3. The van der Waals surface area contributed by atoms with E-state index in [0.717, 1.165) is 83.5 Å². The maximum absolute atomic E-state index is 12.6. The fraction of sp³-hybridized carbons (Fsp3) is 0.155. The summed E-state index contributed by atoms with van der Waals surface area (Å²) in [5, 5.41) is 12.6. The van der Waals surface area contributed by atoms with Gasteiger partial charge in [0.2, 0.25) is 0 Å². The van der Waals surface area contributed by atoms with Crippen molar-refractivity contribution < 1.29 is 30.3 Å². The van der Waals surface area contributed by atoms with E-state index >= 15 is 0 Å². The van der Waals surface area contributed by atoms with Crippen molar-refractivity contribution in [1.82, 2.24) is 14.5 Å². The monoisotopic (exact) mass is 1170 g/mol. The zero-order valence-corrected chi connectivity index (χ0v) is 46.2. The summed E-state index contributed by atoms with van der Waals surface area (Å²) in [6.07, 6.45) is 1.86. The van der Waals surface area contributed by atoms with Gasteiger partial charge < -0.3 is 5.11 Å². The van der Waals surface area contributed by atoms with E-state index in [1.54, 1.807) is 0 Å². The number of pyridine rings is 1. The van der Waals surface area contributed by atoms with Gasteiger partial charge in [-0.2, -0.15) is 0 Å². The Bertz CT molecular complexity index is 3970. The number of imidazole rings is 1. The molecule has 9 aromatic carbocycles. The number of aromatic hydroxyl groups is 1. The summed E-state index contributed by atoms with van der Waals surface area (Å²) in [5.41, 5.74) is 18.5. The first-order valence-corrected chi connectivity index (χ1v) is 26.0. The predicted octanol–water partition coefficient (Wildman–Crippen LogP) is 19.1. The minimum Gasteiger partial charge on any atom is -0.507 e. The van der Waals surface area contributed by atoms with E-state index in [2.05, 4.69) is 180 Å². The first-order valence-electron chi connectivity index (χ1n) is 27.5. The number of aryl methyl sites for hydroxylation is 1. The molecule has 76 heavy (non-hydrogen) atoms. The average Bonchev–Trinajstić information content (AvgIpc) is 4.12. The molecule has 0 aliphatic rings. The third-order valence-electron chi connectivity index (χ3n) is 14.5. The minimum absolute atomic E-state index is 0. The molecular formula is C71H62N3OPt-. The molecule has 4 nitrogen and oxygen atoms in total. The molecule has 0 radical (unpaired) electrons. The van der Waals surface area contributed by atoms with Gasteiger partial charge in [0, 0.05) is 42.6 Å². The van der Waals surface area contributed by atoms with Crippen LogP contribution in [0.15, 0.2) is 212 Å². The SMILES string of the molecule is [2H]C([2H])([2H])c1cc(-n2c(-c3cc(C(C)C)cc(C(C)C)c3O)nc3c(-c4[c-]c(-c5cc(-c6ccc(-c7ccccc7)cc6)ccn5)cc(-c5ccccc5)c4)cccc32)c(-c2ccc(C(C)(C)C)cc2)cc1-c1ccccc1.[Pt]. The van der Waals surface area contributed by atoms with E-state index in [1.807, 2.05) is 91.1 Å². The fourth-order valence-electron chi connectivity index (χ4n) is 10.3.